The first-order valence-electron chi connectivity index (χ1n) is 7.02. The third-order valence-electron chi connectivity index (χ3n) is 3.64. The van der Waals surface area contributed by atoms with Crippen LogP contribution in [-0.4, -0.2) is 13.9 Å². The van der Waals surface area contributed by atoms with Crippen molar-refractivity contribution in [3.8, 4) is 17.2 Å². The van der Waals surface area contributed by atoms with Crippen LogP contribution in [0, 0.1) is 0 Å². The Kier molecular flexibility index (Phi) is 3.97. The second-order valence-corrected chi connectivity index (χ2v) is 5.07. The Morgan fingerprint density at radius 3 is 2.86 bits per heavy atom. The summed E-state index contributed by atoms with van der Waals surface area (Å²) >= 11 is 0. The molecular formula is C17H19NO3. The molecule has 4 heteroatoms. The lowest BCUT2D eigenvalue weighted by atomic mass is 10.1. The third-order valence-corrected chi connectivity index (χ3v) is 3.64. The van der Waals surface area contributed by atoms with Crippen molar-refractivity contribution in [2.24, 2.45) is 0 Å². The van der Waals surface area contributed by atoms with Gasteiger partial charge in [0, 0.05) is 12.6 Å². The van der Waals surface area contributed by atoms with Gasteiger partial charge in [-0.1, -0.05) is 18.2 Å². The zero-order valence-corrected chi connectivity index (χ0v) is 12.3. The van der Waals surface area contributed by atoms with Crippen LogP contribution in [0.5, 0.6) is 17.2 Å². The fraction of sp³-hybridized carbons (Fsp3) is 0.294. The second-order valence-electron chi connectivity index (χ2n) is 5.07. The Morgan fingerprint density at radius 1 is 1.14 bits per heavy atom. The van der Waals surface area contributed by atoms with E-state index in [-0.39, 0.29) is 6.04 Å². The minimum atomic E-state index is 0.241. The molecule has 1 N–H and O–H groups in total. The lowest BCUT2D eigenvalue weighted by molar-refractivity contribution is 0.174. The van der Waals surface area contributed by atoms with E-state index in [0.29, 0.717) is 6.79 Å². The van der Waals surface area contributed by atoms with Crippen LogP contribution in [0.3, 0.4) is 0 Å². The highest BCUT2D eigenvalue weighted by Crippen LogP contribution is 2.32. The first-order chi connectivity index (χ1) is 10.3. The number of nitrogens with one attached hydrogen (secondary N) is 1. The number of benzene rings is 2. The summed E-state index contributed by atoms with van der Waals surface area (Å²) in [5.74, 6) is 2.52. The van der Waals surface area contributed by atoms with E-state index in [0.717, 1.165) is 23.8 Å². The topological polar surface area (TPSA) is 39.7 Å². The van der Waals surface area contributed by atoms with Gasteiger partial charge in [-0.25, -0.2) is 0 Å². The van der Waals surface area contributed by atoms with Crippen LogP contribution >= 0.6 is 0 Å². The summed E-state index contributed by atoms with van der Waals surface area (Å²) in [5, 5.41) is 3.51. The van der Waals surface area contributed by atoms with Crippen LogP contribution in [0.25, 0.3) is 0 Å². The maximum absolute atomic E-state index is 5.39. The molecule has 1 atom stereocenters. The van der Waals surface area contributed by atoms with Gasteiger partial charge in [-0.05, 0) is 42.3 Å². The normalized spacial score (nSPS) is 14.0. The summed E-state index contributed by atoms with van der Waals surface area (Å²) in [5.41, 5.74) is 2.38. The molecule has 0 spiro atoms. The molecule has 0 fully saturated rings. The molecule has 2 aromatic rings. The average molecular weight is 285 g/mol. The van der Waals surface area contributed by atoms with Gasteiger partial charge in [0.1, 0.15) is 5.75 Å². The molecular weight excluding hydrogens is 266 g/mol. The van der Waals surface area contributed by atoms with Gasteiger partial charge in [0.25, 0.3) is 0 Å². The van der Waals surface area contributed by atoms with Crippen LogP contribution in [0.1, 0.15) is 24.1 Å². The lowest BCUT2D eigenvalue weighted by Gasteiger charge is -2.15. The van der Waals surface area contributed by atoms with Crippen LogP contribution < -0.4 is 19.5 Å². The molecule has 3 rings (SSSR count). The molecule has 4 nitrogen and oxygen atoms in total. The molecule has 0 aliphatic carbocycles. The van der Waals surface area contributed by atoms with E-state index in [1.807, 2.05) is 24.3 Å². The molecule has 1 aliphatic rings. The van der Waals surface area contributed by atoms with Crippen LogP contribution in [0.4, 0.5) is 0 Å². The maximum atomic E-state index is 5.39. The number of fused-ring (bicyclic) bond motifs is 1. The first kappa shape index (κ1) is 13.8. The highest BCUT2D eigenvalue weighted by Gasteiger charge is 2.13. The Hall–Kier alpha value is -2.20. The maximum Gasteiger partial charge on any atom is 0.231 e. The summed E-state index contributed by atoms with van der Waals surface area (Å²) < 4.78 is 16.0. The SMILES string of the molecule is COc1cccc(C(C)NCc2ccc3c(c2)OCO3)c1. The molecule has 0 saturated carbocycles. The zero-order valence-electron chi connectivity index (χ0n) is 12.3. The summed E-state index contributed by atoms with van der Waals surface area (Å²) in [7, 11) is 1.68. The van der Waals surface area contributed by atoms with Crippen LogP contribution in [-0.2, 0) is 6.54 Å². The average Bonchev–Trinajstić information content (AvgIpc) is 3.00. The van der Waals surface area contributed by atoms with Crippen molar-refractivity contribution in [2.45, 2.75) is 19.5 Å². The Labute approximate surface area is 124 Å². The molecule has 0 bridgehead atoms. The summed E-state index contributed by atoms with van der Waals surface area (Å²) in [6.45, 7) is 3.23. The van der Waals surface area contributed by atoms with Crippen molar-refractivity contribution in [1.29, 1.82) is 0 Å². The second kappa shape index (κ2) is 6.06. The van der Waals surface area contributed by atoms with Gasteiger partial charge in [0.05, 0.1) is 7.11 Å². The van der Waals surface area contributed by atoms with Gasteiger partial charge in [-0.15, -0.1) is 0 Å². The van der Waals surface area contributed by atoms with Crippen molar-refractivity contribution < 1.29 is 14.2 Å². The van der Waals surface area contributed by atoms with E-state index >= 15 is 0 Å². The number of hydrogen-bond donors (Lipinski definition) is 1. The fourth-order valence-electron chi connectivity index (χ4n) is 2.35. The molecule has 110 valence electrons. The molecule has 1 unspecified atom stereocenters. The Morgan fingerprint density at radius 2 is 2.00 bits per heavy atom. The molecule has 21 heavy (non-hydrogen) atoms. The van der Waals surface area contributed by atoms with E-state index in [1.165, 1.54) is 11.1 Å². The minimum Gasteiger partial charge on any atom is -0.497 e. The molecule has 0 aromatic heterocycles. The van der Waals surface area contributed by atoms with Crippen molar-refractivity contribution in [3.63, 3.8) is 0 Å². The smallest absolute Gasteiger partial charge is 0.231 e. The number of ether oxygens (including phenoxy) is 3. The van der Waals surface area contributed by atoms with Gasteiger partial charge < -0.3 is 19.5 Å². The molecule has 0 amide bonds. The van der Waals surface area contributed by atoms with Crippen molar-refractivity contribution in [2.75, 3.05) is 13.9 Å². The summed E-state index contributed by atoms with van der Waals surface area (Å²) in [4.78, 5) is 0. The van der Waals surface area contributed by atoms with E-state index in [1.54, 1.807) is 7.11 Å². The van der Waals surface area contributed by atoms with Crippen molar-refractivity contribution in [1.82, 2.24) is 5.32 Å². The zero-order chi connectivity index (χ0) is 14.7. The fourth-order valence-corrected chi connectivity index (χ4v) is 2.35. The third kappa shape index (κ3) is 3.11. The molecule has 1 heterocycles. The highest BCUT2D eigenvalue weighted by atomic mass is 16.7. The first-order valence-corrected chi connectivity index (χ1v) is 7.02. The number of rotatable bonds is 5. The number of hydrogen-bond acceptors (Lipinski definition) is 4. The largest absolute Gasteiger partial charge is 0.497 e. The van der Waals surface area contributed by atoms with Gasteiger partial charge in [-0.3, -0.25) is 0 Å². The van der Waals surface area contributed by atoms with E-state index in [9.17, 15) is 0 Å². The van der Waals surface area contributed by atoms with E-state index in [2.05, 4.69) is 30.4 Å². The highest BCUT2D eigenvalue weighted by molar-refractivity contribution is 5.44. The van der Waals surface area contributed by atoms with Gasteiger partial charge in [0.2, 0.25) is 6.79 Å². The standard InChI is InChI=1S/C17H19NO3/c1-12(14-4-3-5-15(9-14)19-2)18-10-13-6-7-16-17(8-13)21-11-20-16/h3-9,12,18H,10-11H2,1-2H3. The molecule has 0 radical (unpaired) electrons. The van der Waals surface area contributed by atoms with Crippen molar-refractivity contribution >= 4 is 0 Å². The Bertz CT molecular complexity index is 627. The minimum absolute atomic E-state index is 0.241. The predicted molar refractivity (Wildman–Crippen MR) is 80.8 cm³/mol. The number of methoxy groups -OCH3 is 1. The Balaban J connectivity index is 1.64. The molecule has 2 aromatic carbocycles. The monoisotopic (exact) mass is 285 g/mol. The van der Waals surface area contributed by atoms with E-state index < -0.39 is 0 Å². The van der Waals surface area contributed by atoms with Gasteiger partial charge >= 0.3 is 0 Å². The predicted octanol–water partition coefficient (Wildman–Crippen LogP) is 3.27. The quantitative estimate of drug-likeness (QED) is 0.915. The summed E-state index contributed by atoms with van der Waals surface area (Å²) in [6.07, 6.45) is 0. The van der Waals surface area contributed by atoms with Gasteiger partial charge in [-0.2, -0.15) is 0 Å². The van der Waals surface area contributed by atoms with Crippen molar-refractivity contribution in [3.05, 3.63) is 53.6 Å². The summed E-state index contributed by atoms with van der Waals surface area (Å²) in [6, 6.07) is 14.4. The lowest BCUT2D eigenvalue weighted by Crippen LogP contribution is -2.18. The van der Waals surface area contributed by atoms with Crippen LogP contribution in [0.2, 0.25) is 0 Å². The molecule has 1 aliphatic heterocycles. The molecule has 0 saturated heterocycles. The van der Waals surface area contributed by atoms with E-state index in [4.69, 9.17) is 14.2 Å². The van der Waals surface area contributed by atoms with Crippen LogP contribution in [0.15, 0.2) is 42.5 Å². The van der Waals surface area contributed by atoms with Gasteiger partial charge in [0.15, 0.2) is 11.5 Å².